The number of benzene rings is 1. The van der Waals surface area contributed by atoms with Gasteiger partial charge in [-0.25, -0.2) is 0 Å². The molecule has 10 heteroatoms. The molecular weight excluding hydrogens is 515 g/mol. The Morgan fingerprint density at radius 1 is 1.09 bits per heavy atom. The van der Waals surface area contributed by atoms with E-state index >= 15 is 0 Å². The van der Waals surface area contributed by atoms with Gasteiger partial charge in [-0.05, 0) is 0 Å². The van der Waals surface area contributed by atoms with Crippen molar-refractivity contribution in [3.8, 4) is 0 Å². The summed E-state index contributed by atoms with van der Waals surface area (Å²) in [7, 11) is 0. The first-order valence-electron chi connectivity index (χ1n) is 12.2. The van der Waals surface area contributed by atoms with Crippen molar-refractivity contribution in [2.45, 2.75) is 81.3 Å². The van der Waals surface area contributed by atoms with Crippen LogP contribution >= 0.6 is 0 Å². The standard InChI is InChI=1S/C25H38N4O5Se/c1-4-16(2)21(29-22(30)18-11-8-13-26-18)24(32)27-19(12-14-35-3)23(31)28-20(25(33)34)15-17-9-6-5-7-10-17/h5-7,9-10,16,18-21,26H,4,8,11-15H2,1-3H3,(H,27,32)(H,28,31)(H,29,30)(H,33,34)/t16-,18-,19-,20-,21-/m0/s1. The van der Waals surface area contributed by atoms with Gasteiger partial charge in [0.2, 0.25) is 0 Å². The number of amides is 3. The Bertz CT molecular complexity index is 848. The quantitative estimate of drug-likeness (QED) is 0.219. The Kier molecular flexibility index (Phi) is 12.2. The van der Waals surface area contributed by atoms with Gasteiger partial charge < -0.3 is 0 Å². The van der Waals surface area contributed by atoms with E-state index in [0.717, 1.165) is 30.3 Å². The summed E-state index contributed by atoms with van der Waals surface area (Å²) in [5.41, 5.74) is 0.790. The van der Waals surface area contributed by atoms with E-state index in [0.29, 0.717) is 12.8 Å². The Morgan fingerprint density at radius 3 is 2.34 bits per heavy atom. The van der Waals surface area contributed by atoms with Gasteiger partial charge in [-0.1, -0.05) is 0 Å². The molecule has 1 heterocycles. The fourth-order valence-electron chi connectivity index (χ4n) is 3.95. The van der Waals surface area contributed by atoms with Gasteiger partial charge in [0.25, 0.3) is 0 Å². The molecule has 2 rings (SSSR count). The number of nitrogens with one attached hydrogen (secondary N) is 4. The van der Waals surface area contributed by atoms with E-state index in [9.17, 15) is 24.3 Å². The van der Waals surface area contributed by atoms with Crippen LogP contribution in [0, 0.1) is 5.92 Å². The molecule has 0 radical (unpaired) electrons. The molecule has 0 saturated carbocycles. The van der Waals surface area contributed by atoms with Crippen LogP contribution in [-0.4, -0.2) is 74.5 Å². The molecule has 0 aromatic heterocycles. The predicted molar refractivity (Wildman–Crippen MR) is 135 cm³/mol. The number of carboxylic acid groups (broad SMARTS) is 1. The van der Waals surface area contributed by atoms with Gasteiger partial charge in [0, 0.05) is 0 Å². The molecule has 1 aromatic carbocycles. The normalized spacial score (nSPS) is 18.7. The number of aliphatic carboxylic acids is 1. The first-order chi connectivity index (χ1) is 16.8. The molecule has 3 amide bonds. The fraction of sp³-hybridized carbons (Fsp3) is 0.600. The van der Waals surface area contributed by atoms with E-state index in [4.69, 9.17) is 0 Å². The summed E-state index contributed by atoms with van der Waals surface area (Å²) in [6, 6.07) is 5.98. The first-order valence-corrected chi connectivity index (χ1v) is 15.1. The number of hydrogen-bond acceptors (Lipinski definition) is 5. The molecule has 1 fully saturated rings. The summed E-state index contributed by atoms with van der Waals surface area (Å²) in [5, 5.41) is 21.8. The summed E-state index contributed by atoms with van der Waals surface area (Å²) >= 11 is 0.276. The summed E-state index contributed by atoms with van der Waals surface area (Å²) in [5.74, 6) is -0.405. The van der Waals surface area contributed by atoms with Gasteiger partial charge in [0.05, 0.1) is 0 Å². The molecule has 0 aliphatic carbocycles. The minimum absolute atomic E-state index is 0.135. The SMILES string of the molecule is CC[C@H](C)[C@H](NC(=O)[C@@H]1CCCN1)C(=O)N[C@@H](CC[Se]C)C(=O)N[C@@H](Cc1ccccc1)C(=O)O. The Hall–Kier alpha value is -2.42. The molecule has 1 aliphatic rings. The summed E-state index contributed by atoms with van der Waals surface area (Å²) < 4.78 is 0. The van der Waals surface area contributed by atoms with Crippen molar-refractivity contribution in [1.29, 1.82) is 0 Å². The third-order valence-corrected chi connectivity index (χ3v) is 7.66. The molecule has 1 aliphatic heterocycles. The summed E-state index contributed by atoms with van der Waals surface area (Å²) in [6.45, 7) is 4.60. The van der Waals surface area contributed by atoms with Crippen molar-refractivity contribution in [2.24, 2.45) is 5.92 Å². The zero-order valence-electron chi connectivity index (χ0n) is 20.7. The molecule has 0 unspecified atom stereocenters. The molecule has 1 aromatic rings. The van der Waals surface area contributed by atoms with Crippen LogP contribution in [0.25, 0.3) is 0 Å². The number of hydrogen-bond donors (Lipinski definition) is 5. The first kappa shape index (κ1) is 28.8. The Morgan fingerprint density at radius 2 is 1.77 bits per heavy atom. The maximum absolute atomic E-state index is 13.2. The molecule has 5 atom stereocenters. The minimum atomic E-state index is -1.14. The fourth-order valence-corrected chi connectivity index (χ4v) is 4.94. The predicted octanol–water partition coefficient (Wildman–Crippen LogP) is 1.13. The summed E-state index contributed by atoms with van der Waals surface area (Å²) in [4.78, 5) is 50.8. The second-order valence-corrected chi connectivity index (χ2v) is 11.0. The van der Waals surface area contributed by atoms with Gasteiger partial charge in [-0.2, -0.15) is 0 Å². The molecular formula is C25H38N4O5Se. The molecule has 9 nitrogen and oxygen atoms in total. The number of carboxylic acids is 1. The van der Waals surface area contributed by atoms with E-state index in [1.165, 1.54) is 0 Å². The molecule has 194 valence electrons. The van der Waals surface area contributed by atoms with Crippen LogP contribution < -0.4 is 21.3 Å². The molecule has 0 bridgehead atoms. The van der Waals surface area contributed by atoms with Crippen LogP contribution in [-0.2, 0) is 25.6 Å². The van der Waals surface area contributed by atoms with Crippen molar-refractivity contribution < 1.29 is 24.3 Å². The van der Waals surface area contributed by atoms with E-state index in [1.807, 2.05) is 37.9 Å². The molecule has 35 heavy (non-hydrogen) atoms. The monoisotopic (exact) mass is 554 g/mol. The van der Waals surface area contributed by atoms with Crippen molar-refractivity contribution in [1.82, 2.24) is 21.3 Å². The van der Waals surface area contributed by atoms with Crippen LogP contribution in [0.1, 0.15) is 45.1 Å². The van der Waals surface area contributed by atoms with Crippen LogP contribution in [0.2, 0.25) is 11.1 Å². The third kappa shape index (κ3) is 9.28. The molecule has 1 saturated heterocycles. The topological polar surface area (TPSA) is 137 Å². The average Bonchev–Trinajstić information content (AvgIpc) is 3.39. The van der Waals surface area contributed by atoms with E-state index in [1.54, 1.807) is 12.1 Å². The van der Waals surface area contributed by atoms with Gasteiger partial charge >= 0.3 is 214 Å². The van der Waals surface area contributed by atoms with Crippen LogP contribution in [0.4, 0.5) is 0 Å². The van der Waals surface area contributed by atoms with E-state index in [-0.39, 0.29) is 39.2 Å². The number of rotatable bonds is 14. The van der Waals surface area contributed by atoms with Crippen molar-refractivity contribution >= 4 is 38.6 Å². The van der Waals surface area contributed by atoms with Gasteiger partial charge in [-0.15, -0.1) is 0 Å². The summed E-state index contributed by atoms with van der Waals surface area (Å²) in [6.07, 6.45) is 2.84. The molecule has 0 spiro atoms. The maximum atomic E-state index is 13.2. The van der Waals surface area contributed by atoms with Crippen molar-refractivity contribution in [3.05, 3.63) is 35.9 Å². The second kappa shape index (κ2) is 14.9. The molecule has 5 N–H and O–H groups in total. The van der Waals surface area contributed by atoms with Gasteiger partial charge in [-0.3, -0.25) is 0 Å². The van der Waals surface area contributed by atoms with Crippen molar-refractivity contribution in [2.75, 3.05) is 6.54 Å². The third-order valence-electron chi connectivity index (χ3n) is 6.31. The van der Waals surface area contributed by atoms with Crippen LogP contribution in [0.3, 0.4) is 0 Å². The van der Waals surface area contributed by atoms with Crippen LogP contribution in [0.5, 0.6) is 0 Å². The Balaban J connectivity index is 2.10. The Labute approximate surface area is 213 Å². The second-order valence-electron chi connectivity index (χ2n) is 8.95. The number of carbonyl (C=O) groups is 4. The zero-order chi connectivity index (χ0) is 25.8. The van der Waals surface area contributed by atoms with Crippen molar-refractivity contribution in [3.63, 3.8) is 0 Å². The van der Waals surface area contributed by atoms with E-state index < -0.39 is 35.9 Å². The van der Waals surface area contributed by atoms with Crippen LogP contribution in [0.15, 0.2) is 30.3 Å². The van der Waals surface area contributed by atoms with Gasteiger partial charge in [0.1, 0.15) is 0 Å². The average molecular weight is 554 g/mol. The number of carbonyl (C=O) groups excluding carboxylic acids is 3. The van der Waals surface area contributed by atoms with E-state index in [2.05, 4.69) is 21.3 Å². The van der Waals surface area contributed by atoms with Gasteiger partial charge in [0.15, 0.2) is 0 Å². The zero-order valence-corrected chi connectivity index (χ0v) is 22.4.